The van der Waals surface area contributed by atoms with Crippen molar-refractivity contribution in [2.24, 2.45) is 0 Å². The number of carbonyl (C=O) groups excluding carboxylic acids is 3. The van der Waals surface area contributed by atoms with E-state index in [0.717, 1.165) is 27.1 Å². The molecule has 0 bridgehead atoms. The Labute approximate surface area is 193 Å². The number of fused-ring (bicyclic) bond motifs is 1. The number of amides is 3. The summed E-state index contributed by atoms with van der Waals surface area (Å²) >= 11 is 0. The number of rotatable bonds is 7. The highest BCUT2D eigenvalue weighted by Gasteiger charge is 2.50. The van der Waals surface area contributed by atoms with Gasteiger partial charge in [0.05, 0.1) is 19.2 Å². The molecule has 3 amide bonds. The first-order chi connectivity index (χ1) is 15.7. The zero-order valence-electron chi connectivity index (χ0n) is 19.6. The number of aromatic nitrogens is 1. The first-order valence-corrected chi connectivity index (χ1v) is 11.0. The van der Waals surface area contributed by atoms with Crippen molar-refractivity contribution in [3.05, 3.63) is 71.0 Å². The molecule has 0 spiro atoms. The zero-order chi connectivity index (χ0) is 23.9. The predicted molar refractivity (Wildman–Crippen MR) is 126 cm³/mol. The molecule has 3 aromatic rings. The molecule has 2 atom stereocenters. The lowest BCUT2D eigenvalue weighted by Crippen LogP contribution is -2.41. The van der Waals surface area contributed by atoms with Crippen LogP contribution in [0.4, 0.5) is 4.79 Å². The first kappa shape index (κ1) is 22.7. The molecule has 0 unspecified atom stereocenters. The minimum Gasteiger partial charge on any atom is -0.383 e. The first-order valence-electron chi connectivity index (χ1n) is 11.0. The standard InChI is InChI=1S/C26H29N3O4/c1-16-13-21(18(3)29(16)17(2)15-33-5)23(30)14-28-24(31)26(4,27-25(28)32)22-12-8-10-19-9-6-7-11-20(19)22/h6-13,17H,14-15H2,1-5H3,(H,27,32)/t17-,26+/m0/s1. The van der Waals surface area contributed by atoms with Gasteiger partial charge in [0.25, 0.3) is 5.91 Å². The van der Waals surface area contributed by atoms with Crippen LogP contribution in [0.2, 0.25) is 0 Å². The molecule has 33 heavy (non-hydrogen) atoms. The van der Waals surface area contributed by atoms with E-state index in [1.807, 2.05) is 73.9 Å². The SMILES string of the molecule is COC[C@H](C)n1c(C)cc(C(=O)CN2C(=O)N[C@](C)(c3cccc4ccccc34)C2=O)c1C. The molecule has 1 N–H and O–H groups in total. The minimum atomic E-state index is -1.25. The van der Waals surface area contributed by atoms with E-state index in [1.54, 1.807) is 14.0 Å². The molecule has 1 fully saturated rings. The van der Waals surface area contributed by atoms with E-state index >= 15 is 0 Å². The summed E-state index contributed by atoms with van der Waals surface area (Å²) < 4.78 is 7.30. The fraction of sp³-hybridized carbons (Fsp3) is 0.346. The average Bonchev–Trinajstić information content (AvgIpc) is 3.20. The Kier molecular flexibility index (Phi) is 5.84. The van der Waals surface area contributed by atoms with Gasteiger partial charge in [0.1, 0.15) is 5.54 Å². The fourth-order valence-corrected chi connectivity index (χ4v) is 4.97. The quantitative estimate of drug-likeness (QED) is 0.437. The molecule has 4 rings (SSSR count). The fourth-order valence-electron chi connectivity index (χ4n) is 4.97. The highest BCUT2D eigenvalue weighted by Crippen LogP contribution is 2.34. The maximum absolute atomic E-state index is 13.5. The van der Waals surface area contributed by atoms with Crippen LogP contribution in [0.5, 0.6) is 0 Å². The van der Waals surface area contributed by atoms with E-state index in [0.29, 0.717) is 17.7 Å². The molecule has 7 heteroatoms. The third kappa shape index (κ3) is 3.72. The minimum absolute atomic E-state index is 0.0583. The molecule has 1 aliphatic heterocycles. The van der Waals surface area contributed by atoms with Crippen molar-refractivity contribution < 1.29 is 19.1 Å². The van der Waals surface area contributed by atoms with Gasteiger partial charge in [-0.1, -0.05) is 42.5 Å². The number of ketones is 1. The molecule has 0 radical (unpaired) electrons. The summed E-state index contributed by atoms with van der Waals surface area (Å²) in [5.41, 5.74) is 1.70. The third-order valence-corrected chi connectivity index (χ3v) is 6.54. The molecule has 1 aromatic heterocycles. The van der Waals surface area contributed by atoms with Gasteiger partial charge in [0.15, 0.2) is 5.78 Å². The summed E-state index contributed by atoms with van der Waals surface area (Å²) in [6.45, 7) is 7.72. The molecule has 1 saturated heterocycles. The van der Waals surface area contributed by atoms with Gasteiger partial charge in [-0.25, -0.2) is 4.79 Å². The predicted octanol–water partition coefficient (Wildman–Crippen LogP) is 4.12. The van der Waals surface area contributed by atoms with Crippen molar-refractivity contribution in [1.29, 1.82) is 0 Å². The van der Waals surface area contributed by atoms with Gasteiger partial charge in [-0.2, -0.15) is 0 Å². The van der Waals surface area contributed by atoms with Crippen molar-refractivity contribution in [2.75, 3.05) is 20.3 Å². The largest absolute Gasteiger partial charge is 0.383 e. The number of aryl methyl sites for hydroxylation is 1. The van der Waals surface area contributed by atoms with E-state index in [1.165, 1.54) is 0 Å². The van der Waals surface area contributed by atoms with E-state index in [-0.39, 0.29) is 18.4 Å². The van der Waals surface area contributed by atoms with Crippen molar-refractivity contribution in [1.82, 2.24) is 14.8 Å². The molecular formula is C26H29N3O4. The Balaban J connectivity index is 1.63. The molecule has 2 aromatic carbocycles. The Morgan fingerprint density at radius 3 is 2.55 bits per heavy atom. The molecular weight excluding hydrogens is 418 g/mol. The molecule has 0 aliphatic carbocycles. The number of urea groups is 1. The zero-order valence-corrected chi connectivity index (χ0v) is 19.6. The van der Waals surface area contributed by atoms with Crippen LogP contribution in [0.1, 0.15) is 47.2 Å². The van der Waals surface area contributed by atoms with E-state index in [4.69, 9.17) is 4.74 Å². The van der Waals surface area contributed by atoms with Crippen molar-refractivity contribution in [3.63, 3.8) is 0 Å². The number of hydrogen-bond donors (Lipinski definition) is 1. The van der Waals surface area contributed by atoms with Gasteiger partial charge in [-0.05, 0) is 50.1 Å². The van der Waals surface area contributed by atoms with Gasteiger partial charge in [-0.3, -0.25) is 14.5 Å². The number of methoxy groups -OCH3 is 1. The van der Waals surface area contributed by atoms with Gasteiger partial charge in [-0.15, -0.1) is 0 Å². The summed E-state index contributed by atoms with van der Waals surface area (Å²) in [5.74, 6) is -0.705. The summed E-state index contributed by atoms with van der Waals surface area (Å²) in [6.07, 6.45) is 0. The van der Waals surface area contributed by atoms with Crippen molar-refractivity contribution in [3.8, 4) is 0 Å². The summed E-state index contributed by atoms with van der Waals surface area (Å²) in [4.78, 5) is 40.5. The van der Waals surface area contributed by atoms with E-state index in [9.17, 15) is 14.4 Å². The lowest BCUT2D eigenvalue weighted by molar-refractivity contribution is -0.130. The number of Topliss-reactive ketones (excluding diaryl/α,β-unsaturated/α-hetero) is 1. The highest BCUT2D eigenvalue weighted by atomic mass is 16.5. The van der Waals surface area contributed by atoms with Gasteiger partial charge < -0.3 is 14.6 Å². The van der Waals surface area contributed by atoms with Crippen LogP contribution in [0, 0.1) is 13.8 Å². The smallest absolute Gasteiger partial charge is 0.325 e. The second-order valence-corrected chi connectivity index (χ2v) is 8.86. The lowest BCUT2D eigenvalue weighted by atomic mass is 9.88. The Bertz CT molecular complexity index is 1260. The maximum atomic E-state index is 13.5. The third-order valence-electron chi connectivity index (χ3n) is 6.54. The number of benzene rings is 2. The molecule has 7 nitrogen and oxygen atoms in total. The van der Waals surface area contributed by atoms with Crippen molar-refractivity contribution in [2.45, 2.75) is 39.3 Å². The van der Waals surface area contributed by atoms with Crippen LogP contribution < -0.4 is 5.32 Å². The lowest BCUT2D eigenvalue weighted by Gasteiger charge is -2.24. The second kappa shape index (κ2) is 8.48. The summed E-state index contributed by atoms with van der Waals surface area (Å²) in [5, 5.41) is 4.69. The van der Waals surface area contributed by atoms with Gasteiger partial charge >= 0.3 is 6.03 Å². The highest BCUT2D eigenvalue weighted by molar-refractivity contribution is 6.12. The second-order valence-electron chi connectivity index (χ2n) is 8.86. The molecule has 1 aliphatic rings. The van der Waals surface area contributed by atoms with Crippen LogP contribution in [-0.4, -0.2) is 47.4 Å². The number of hydrogen-bond acceptors (Lipinski definition) is 4. The van der Waals surface area contributed by atoms with E-state index < -0.39 is 17.5 Å². The summed E-state index contributed by atoms with van der Waals surface area (Å²) in [7, 11) is 1.64. The Morgan fingerprint density at radius 1 is 1.12 bits per heavy atom. The van der Waals surface area contributed by atoms with Crippen LogP contribution in [0.15, 0.2) is 48.5 Å². The Hall–Kier alpha value is -3.45. The number of carbonyl (C=O) groups is 3. The summed E-state index contributed by atoms with van der Waals surface area (Å²) in [6, 6.07) is 14.7. The molecule has 0 saturated carbocycles. The number of nitrogens with zero attached hydrogens (tertiary/aromatic N) is 2. The van der Waals surface area contributed by atoms with E-state index in [2.05, 4.69) is 5.32 Å². The number of imide groups is 1. The maximum Gasteiger partial charge on any atom is 0.325 e. The normalized spacial score (nSPS) is 19.2. The Morgan fingerprint density at radius 2 is 1.82 bits per heavy atom. The van der Waals surface area contributed by atoms with Crippen LogP contribution in [-0.2, 0) is 15.1 Å². The average molecular weight is 448 g/mol. The topological polar surface area (TPSA) is 80.6 Å². The van der Waals surface area contributed by atoms with Gasteiger partial charge in [0, 0.05) is 24.1 Å². The molecule has 2 heterocycles. The van der Waals surface area contributed by atoms with Crippen molar-refractivity contribution >= 4 is 28.5 Å². The number of ether oxygens (including phenoxy) is 1. The van der Waals surface area contributed by atoms with Crippen LogP contribution in [0.3, 0.4) is 0 Å². The van der Waals surface area contributed by atoms with Crippen LogP contribution in [0.25, 0.3) is 10.8 Å². The van der Waals surface area contributed by atoms with Gasteiger partial charge in [0.2, 0.25) is 0 Å². The molecule has 172 valence electrons. The van der Waals surface area contributed by atoms with Crippen LogP contribution >= 0.6 is 0 Å². The number of nitrogens with one attached hydrogen (secondary N) is 1. The monoisotopic (exact) mass is 447 g/mol.